The van der Waals surface area contributed by atoms with Crippen LogP contribution in [0.5, 0.6) is 0 Å². The van der Waals surface area contributed by atoms with Gasteiger partial charge < -0.3 is 16.0 Å². The van der Waals surface area contributed by atoms with Crippen LogP contribution in [0.3, 0.4) is 0 Å². The molecule has 6 nitrogen and oxygen atoms in total. The van der Waals surface area contributed by atoms with Crippen molar-refractivity contribution in [2.45, 2.75) is 12.3 Å². The molecule has 140 valence electrons. The third-order valence-corrected chi connectivity index (χ3v) is 4.53. The predicted molar refractivity (Wildman–Crippen MR) is 99.2 cm³/mol. The van der Waals surface area contributed by atoms with E-state index in [1.165, 1.54) is 18.2 Å². The quantitative estimate of drug-likeness (QED) is 0.686. The Morgan fingerprint density at radius 1 is 1.15 bits per heavy atom. The molecule has 0 fully saturated rings. The molecule has 1 heterocycles. The summed E-state index contributed by atoms with van der Waals surface area (Å²) < 4.78 is 13.5. The maximum Gasteiger partial charge on any atom is 0.252 e. The highest BCUT2D eigenvalue weighted by Gasteiger charge is 2.30. The molecule has 3 N–H and O–H groups in total. The van der Waals surface area contributed by atoms with Crippen molar-refractivity contribution in [1.29, 1.82) is 0 Å². The lowest BCUT2D eigenvalue weighted by Gasteiger charge is -2.25. The summed E-state index contributed by atoms with van der Waals surface area (Å²) in [4.78, 5) is 36.3. The van der Waals surface area contributed by atoms with Crippen molar-refractivity contribution in [3.63, 3.8) is 0 Å². The number of carbonyl (C=O) groups excluding carboxylic acids is 3. The van der Waals surface area contributed by atoms with E-state index in [0.29, 0.717) is 21.8 Å². The number of halogens is 2. The zero-order chi connectivity index (χ0) is 19.4. The second kappa shape index (κ2) is 8.18. The second-order valence-corrected chi connectivity index (χ2v) is 6.47. The fraction of sp³-hybridized carbons (Fsp3) is 0.211. The van der Waals surface area contributed by atoms with Gasteiger partial charge in [-0.15, -0.1) is 0 Å². The third kappa shape index (κ3) is 4.43. The van der Waals surface area contributed by atoms with E-state index in [1.54, 1.807) is 24.3 Å². The Labute approximate surface area is 160 Å². The SMILES string of the molecule is O=C1C[C@@H](C(=O)NCCNC(=O)c2ccccc2Cl)c2cc(F)ccc2N1. The molecule has 0 aliphatic carbocycles. The van der Waals surface area contributed by atoms with Gasteiger partial charge in [0.1, 0.15) is 5.82 Å². The molecule has 2 aromatic carbocycles. The first-order valence-electron chi connectivity index (χ1n) is 8.35. The highest BCUT2D eigenvalue weighted by atomic mass is 35.5. The molecule has 0 unspecified atom stereocenters. The largest absolute Gasteiger partial charge is 0.354 e. The number of rotatable bonds is 5. The minimum Gasteiger partial charge on any atom is -0.354 e. The number of nitrogens with one attached hydrogen (secondary N) is 3. The van der Waals surface area contributed by atoms with Gasteiger partial charge in [0.15, 0.2) is 0 Å². The Hall–Kier alpha value is -2.93. The molecule has 3 amide bonds. The zero-order valence-corrected chi connectivity index (χ0v) is 15.0. The van der Waals surface area contributed by atoms with Crippen LogP contribution in [0.2, 0.25) is 5.02 Å². The molecule has 0 saturated carbocycles. The summed E-state index contributed by atoms with van der Waals surface area (Å²) in [5.41, 5.74) is 1.21. The van der Waals surface area contributed by atoms with E-state index < -0.39 is 17.6 Å². The highest BCUT2D eigenvalue weighted by Crippen LogP contribution is 2.32. The predicted octanol–water partition coefficient (Wildman–Crippen LogP) is 2.45. The van der Waals surface area contributed by atoms with E-state index in [0.717, 1.165) is 0 Å². The summed E-state index contributed by atoms with van der Waals surface area (Å²) in [7, 11) is 0. The molecule has 0 bridgehead atoms. The second-order valence-electron chi connectivity index (χ2n) is 6.06. The maximum absolute atomic E-state index is 13.5. The fourth-order valence-corrected chi connectivity index (χ4v) is 3.11. The molecule has 1 aliphatic heterocycles. The van der Waals surface area contributed by atoms with Crippen molar-refractivity contribution in [3.05, 3.63) is 64.4 Å². The number of benzene rings is 2. The number of hydrogen-bond donors (Lipinski definition) is 3. The monoisotopic (exact) mass is 389 g/mol. The van der Waals surface area contributed by atoms with Crippen molar-refractivity contribution >= 4 is 35.0 Å². The minimum atomic E-state index is -0.774. The van der Waals surface area contributed by atoms with Gasteiger partial charge in [-0.3, -0.25) is 14.4 Å². The van der Waals surface area contributed by atoms with E-state index in [9.17, 15) is 18.8 Å². The summed E-state index contributed by atoms with van der Waals surface area (Å²) >= 11 is 5.96. The Balaban J connectivity index is 1.56. The van der Waals surface area contributed by atoms with Crippen LogP contribution in [0.4, 0.5) is 10.1 Å². The van der Waals surface area contributed by atoms with Gasteiger partial charge in [0.2, 0.25) is 11.8 Å². The van der Waals surface area contributed by atoms with Crippen molar-refractivity contribution in [1.82, 2.24) is 10.6 Å². The first-order valence-corrected chi connectivity index (χ1v) is 8.73. The van der Waals surface area contributed by atoms with E-state index in [-0.39, 0.29) is 31.3 Å². The zero-order valence-electron chi connectivity index (χ0n) is 14.2. The first kappa shape index (κ1) is 18.8. The minimum absolute atomic E-state index is 0.0612. The lowest BCUT2D eigenvalue weighted by molar-refractivity contribution is -0.126. The average molecular weight is 390 g/mol. The summed E-state index contributed by atoms with van der Waals surface area (Å²) in [5, 5.41) is 8.28. The number of carbonyl (C=O) groups is 3. The van der Waals surface area contributed by atoms with Crippen molar-refractivity contribution in [3.8, 4) is 0 Å². The van der Waals surface area contributed by atoms with E-state index in [2.05, 4.69) is 16.0 Å². The molecule has 0 spiro atoms. The molecule has 1 aliphatic rings. The summed E-state index contributed by atoms with van der Waals surface area (Å²) in [6, 6.07) is 10.5. The van der Waals surface area contributed by atoms with E-state index in [1.807, 2.05) is 0 Å². The summed E-state index contributed by atoms with van der Waals surface area (Å²) in [6.07, 6.45) is -0.0612. The van der Waals surface area contributed by atoms with Crippen molar-refractivity contribution in [2.75, 3.05) is 18.4 Å². The number of anilines is 1. The molecular weight excluding hydrogens is 373 g/mol. The van der Waals surface area contributed by atoms with Gasteiger partial charge in [-0.2, -0.15) is 0 Å². The standard InChI is InChI=1S/C19H17ClFN3O3/c20-15-4-2-1-3-12(15)18(26)22-7-8-23-19(27)14-10-17(25)24-16-6-5-11(21)9-13(14)16/h1-6,9,14H,7-8,10H2,(H,22,26)(H,23,27)(H,24,25)/t14-/m1/s1. The van der Waals surface area contributed by atoms with Crippen LogP contribution in [0.25, 0.3) is 0 Å². The van der Waals surface area contributed by atoms with Gasteiger partial charge in [0, 0.05) is 25.2 Å². The molecule has 0 radical (unpaired) electrons. The van der Waals surface area contributed by atoms with E-state index in [4.69, 9.17) is 11.6 Å². The van der Waals surface area contributed by atoms with E-state index >= 15 is 0 Å². The van der Waals surface area contributed by atoms with Gasteiger partial charge in [0.25, 0.3) is 5.91 Å². The van der Waals surface area contributed by atoms with Crippen molar-refractivity contribution < 1.29 is 18.8 Å². The van der Waals surface area contributed by atoms with Crippen LogP contribution >= 0.6 is 11.6 Å². The van der Waals surface area contributed by atoms with Crippen LogP contribution in [-0.4, -0.2) is 30.8 Å². The lowest BCUT2D eigenvalue weighted by Crippen LogP contribution is -2.39. The van der Waals surface area contributed by atoms with Crippen LogP contribution in [0.1, 0.15) is 28.3 Å². The number of amides is 3. The van der Waals surface area contributed by atoms with Gasteiger partial charge in [-0.1, -0.05) is 23.7 Å². The molecular formula is C19H17ClFN3O3. The third-order valence-electron chi connectivity index (χ3n) is 4.20. The Kier molecular flexibility index (Phi) is 5.71. The van der Waals surface area contributed by atoms with Gasteiger partial charge in [0.05, 0.1) is 16.5 Å². The van der Waals surface area contributed by atoms with Gasteiger partial charge in [-0.25, -0.2) is 4.39 Å². The normalized spacial score (nSPS) is 15.5. The topological polar surface area (TPSA) is 87.3 Å². The number of fused-ring (bicyclic) bond motifs is 1. The average Bonchev–Trinajstić information content (AvgIpc) is 2.65. The molecule has 1 atom stereocenters. The highest BCUT2D eigenvalue weighted by molar-refractivity contribution is 6.33. The molecule has 3 rings (SSSR count). The van der Waals surface area contributed by atoms with Crippen LogP contribution < -0.4 is 16.0 Å². The Morgan fingerprint density at radius 3 is 2.67 bits per heavy atom. The smallest absolute Gasteiger partial charge is 0.252 e. The summed E-state index contributed by atoms with van der Waals surface area (Å²) in [5.74, 6) is -2.30. The lowest BCUT2D eigenvalue weighted by atomic mass is 9.89. The van der Waals surface area contributed by atoms with Crippen LogP contribution in [-0.2, 0) is 9.59 Å². The Bertz CT molecular complexity index is 904. The van der Waals surface area contributed by atoms with Crippen molar-refractivity contribution in [2.24, 2.45) is 0 Å². The molecule has 0 saturated heterocycles. The van der Waals surface area contributed by atoms with Crippen LogP contribution in [0.15, 0.2) is 42.5 Å². The summed E-state index contributed by atoms with van der Waals surface area (Å²) in [6.45, 7) is 0.350. The maximum atomic E-state index is 13.5. The molecule has 8 heteroatoms. The fourth-order valence-electron chi connectivity index (χ4n) is 2.89. The first-order chi connectivity index (χ1) is 13.0. The molecule has 27 heavy (non-hydrogen) atoms. The Morgan fingerprint density at radius 2 is 1.89 bits per heavy atom. The molecule has 0 aromatic heterocycles. The number of hydrogen-bond acceptors (Lipinski definition) is 3. The van der Waals surface area contributed by atoms with Crippen LogP contribution in [0, 0.1) is 5.82 Å². The van der Waals surface area contributed by atoms with Gasteiger partial charge in [-0.05, 0) is 35.9 Å². The van der Waals surface area contributed by atoms with Gasteiger partial charge >= 0.3 is 0 Å². The molecule has 2 aromatic rings.